The molecule has 4 rings (SSSR count). The van der Waals surface area contributed by atoms with Crippen LogP contribution in [0.2, 0.25) is 0 Å². The van der Waals surface area contributed by atoms with Gasteiger partial charge >= 0.3 is 12.1 Å². The van der Waals surface area contributed by atoms with E-state index in [-0.39, 0.29) is 18.1 Å². The molecule has 10 heteroatoms. The first kappa shape index (κ1) is 25.8. The fraction of sp³-hybridized carbons (Fsp3) is 0.462. The number of piperidine rings is 1. The molecule has 1 N–H and O–H groups in total. The Morgan fingerprint density at radius 2 is 2.11 bits per heavy atom. The van der Waals surface area contributed by atoms with Crippen molar-refractivity contribution < 1.29 is 37.3 Å². The molecule has 2 aliphatic heterocycles. The zero-order valence-electron chi connectivity index (χ0n) is 20.2. The summed E-state index contributed by atoms with van der Waals surface area (Å²) >= 11 is 0. The van der Waals surface area contributed by atoms with Crippen molar-refractivity contribution in [3.63, 3.8) is 0 Å². The molecule has 1 aromatic carbocycles. The molecule has 0 amide bonds. The van der Waals surface area contributed by atoms with Gasteiger partial charge in [-0.3, -0.25) is 9.69 Å². The Balaban J connectivity index is 1.40. The first-order chi connectivity index (χ1) is 17.1. The predicted molar refractivity (Wildman–Crippen MR) is 126 cm³/mol. The van der Waals surface area contributed by atoms with Crippen LogP contribution in [0.5, 0.6) is 17.4 Å². The van der Waals surface area contributed by atoms with E-state index >= 15 is 0 Å². The monoisotopic (exact) mass is 506 g/mol. The predicted octanol–water partition coefficient (Wildman–Crippen LogP) is 5.04. The van der Waals surface area contributed by atoms with Gasteiger partial charge in [0.1, 0.15) is 30.3 Å². The van der Waals surface area contributed by atoms with Crippen LogP contribution in [-0.2, 0) is 17.6 Å². The highest BCUT2D eigenvalue weighted by Gasteiger charge is 2.36. The number of rotatable bonds is 8. The minimum absolute atomic E-state index is 0.0996. The number of carbonyl (C=O) groups is 1. The largest absolute Gasteiger partial charge is 0.489 e. The number of halogens is 3. The third-order valence-corrected chi connectivity index (χ3v) is 6.01. The second-order valence-electron chi connectivity index (χ2n) is 9.35. The number of aromatic nitrogens is 1. The summed E-state index contributed by atoms with van der Waals surface area (Å²) in [4.78, 5) is 17.3. The van der Waals surface area contributed by atoms with Crippen molar-refractivity contribution in [2.45, 2.75) is 45.6 Å². The number of ether oxygens (including phenoxy) is 3. The van der Waals surface area contributed by atoms with Gasteiger partial charge in [0.15, 0.2) is 0 Å². The van der Waals surface area contributed by atoms with Gasteiger partial charge in [-0.1, -0.05) is 0 Å². The van der Waals surface area contributed by atoms with Crippen LogP contribution in [0.3, 0.4) is 0 Å². The first-order valence-electron chi connectivity index (χ1n) is 11.9. The van der Waals surface area contributed by atoms with Gasteiger partial charge in [0, 0.05) is 36.5 Å². The topological polar surface area (TPSA) is 81.1 Å². The molecule has 0 saturated carbocycles. The number of hydrogen-bond acceptors (Lipinski definition) is 6. The maximum absolute atomic E-state index is 13.5. The van der Waals surface area contributed by atoms with Crippen molar-refractivity contribution in [2.75, 3.05) is 26.2 Å². The smallest absolute Gasteiger partial charge is 0.421 e. The Kier molecular flexibility index (Phi) is 7.73. The first-order valence-corrected chi connectivity index (χ1v) is 11.9. The number of alkyl halides is 3. The number of pyridine rings is 1. The van der Waals surface area contributed by atoms with Crippen LogP contribution in [0.15, 0.2) is 36.0 Å². The summed E-state index contributed by atoms with van der Waals surface area (Å²) in [6.07, 6.45) is -0.134. The van der Waals surface area contributed by atoms with Gasteiger partial charge in [0.05, 0.1) is 12.0 Å². The Morgan fingerprint density at radius 3 is 2.83 bits per heavy atom. The van der Waals surface area contributed by atoms with Crippen LogP contribution in [0.25, 0.3) is 6.08 Å². The van der Waals surface area contributed by atoms with Gasteiger partial charge in [0.25, 0.3) is 0 Å². The summed E-state index contributed by atoms with van der Waals surface area (Å²) in [5, 5.41) is 9.29. The number of likely N-dealkylation sites (tertiary alicyclic amines) is 1. The van der Waals surface area contributed by atoms with Crippen LogP contribution in [0.1, 0.15) is 43.4 Å². The quantitative estimate of drug-likeness (QED) is 0.537. The van der Waals surface area contributed by atoms with Gasteiger partial charge in [-0.25, -0.2) is 4.98 Å². The number of aliphatic carboxylic acids is 1. The highest BCUT2D eigenvalue weighted by atomic mass is 19.4. The lowest BCUT2D eigenvalue weighted by atomic mass is 9.97. The van der Waals surface area contributed by atoms with Crippen LogP contribution in [-0.4, -0.2) is 53.3 Å². The van der Waals surface area contributed by atoms with Crippen molar-refractivity contribution >= 4 is 12.0 Å². The molecule has 7 nitrogen and oxygen atoms in total. The Morgan fingerprint density at radius 1 is 1.31 bits per heavy atom. The molecule has 194 valence electrons. The molecule has 2 aliphatic rings. The van der Waals surface area contributed by atoms with E-state index in [0.717, 1.165) is 30.2 Å². The highest BCUT2D eigenvalue weighted by Crippen LogP contribution is 2.36. The molecule has 0 unspecified atom stereocenters. The van der Waals surface area contributed by atoms with Crippen molar-refractivity contribution in [1.82, 2.24) is 9.88 Å². The average Bonchev–Trinajstić information content (AvgIpc) is 2.82. The van der Waals surface area contributed by atoms with E-state index in [4.69, 9.17) is 14.2 Å². The van der Waals surface area contributed by atoms with Gasteiger partial charge in [-0.05, 0) is 63.1 Å². The summed E-state index contributed by atoms with van der Waals surface area (Å²) in [6, 6.07) is 6.26. The molecule has 36 heavy (non-hydrogen) atoms. The van der Waals surface area contributed by atoms with E-state index in [1.807, 2.05) is 12.1 Å². The van der Waals surface area contributed by atoms with E-state index in [9.17, 15) is 23.1 Å². The SMILES string of the molecule is CC(C)Oc1ncc(COc2ccc3c(c2)OCC(CN2CCC[C@@H](C(=O)O)C2)=C3)cc1C(F)(F)F. The Hall–Kier alpha value is -3.27. The summed E-state index contributed by atoms with van der Waals surface area (Å²) in [5.74, 6) is -0.460. The van der Waals surface area contributed by atoms with E-state index in [1.165, 1.54) is 6.20 Å². The number of hydrogen-bond donors (Lipinski definition) is 1. The van der Waals surface area contributed by atoms with Crippen LogP contribution < -0.4 is 14.2 Å². The minimum atomic E-state index is -4.60. The second kappa shape index (κ2) is 10.8. The van der Waals surface area contributed by atoms with Crippen LogP contribution in [0.4, 0.5) is 13.2 Å². The molecule has 1 saturated heterocycles. The Bertz CT molecular complexity index is 1130. The molecule has 2 aromatic rings. The summed E-state index contributed by atoms with van der Waals surface area (Å²) in [5.41, 5.74) is 1.25. The lowest BCUT2D eigenvalue weighted by molar-refractivity contribution is -0.143. The van der Waals surface area contributed by atoms with Crippen LogP contribution in [0, 0.1) is 5.92 Å². The van der Waals surface area contributed by atoms with Crippen LogP contribution >= 0.6 is 0 Å². The average molecular weight is 507 g/mol. The molecule has 1 aromatic heterocycles. The minimum Gasteiger partial charge on any atom is -0.489 e. The lowest BCUT2D eigenvalue weighted by Gasteiger charge is -2.32. The van der Waals surface area contributed by atoms with Gasteiger partial charge in [-0.2, -0.15) is 13.2 Å². The number of fused-ring (bicyclic) bond motifs is 1. The van der Waals surface area contributed by atoms with Crippen molar-refractivity contribution in [3.05, 3.63) is 52.7 Å². The fourth-order valence-electron chi connectivity index (χ4n) is 4.32. The molecule has 3 heterocycles. The lowest BCUT2D eigenvalue weighted by Crippen LogP contribution is -2.40. The normalized spacial score (nSPS) is 18.3. The van der Waals surface area contributed by atoms with Crippen molar-refractivity contribution in [1.29, 1.82) is 0 Å². The summed E-state index contributed by atoms with van der Waals surface area (Å²) in [6.45, 7) is 5.58. The highest BCUT2D eigenvalue weighted by molar-refractivity contribution is 5.70. The molecular weight excluding hydrogens is 477 g/mol. The second-order valence-corrected chi connectivity index (χ2v) is 9.35. The van der Waals surface area contributed by atoms with Crippen molar-refractivity contribution in [2.24, 2.45) is 5.92 Å². The van der Waals surface area contributed by atoms with Crippen molar-refractivity contribution in [3.8, 4) is 17.4 Å². The summed E-state index contributed by atoms with van der Waals surface area (Å²) in [7, 11) is 0. The van der Waals surface area contributed by atoms with E-state index in [1.54, 1.807) is 26.0 Å². The number of carboxylic acid groups (broad SMARTS) is 1. The molecule has 0 spiro atoms. The van der Waals surface area contributed by atoms with E-state index in [0.29, 0.717) is 37.6 Å². The molecular formula is C26H29F3N2O5. The van der Waals surface area contributed by atoms with E-state index in [2.05, 4.69) is 9.88 Å². The fourth-order valence-corrected chi connectivity index (χ4v) is 4.32. The van der Waals surface area contributed by atoms with Gasteiger partial charge in [-0.15, -0.1) is 0 Å². The zero-order chi connectivity index (χ0) is 25.9. The standard InChI is InChI=1S/C26H29F3N2O5/c1-16(2)36-24-22(26(27,28)29)9-17(11-30-24)14-34-21-6-5-19-8-18(15-35-23(19)10-21)12-31-7-3-4-20(13-31)25(32)33/h5-6,8-11,16,20H,3-4,7,12-15H2,1-2H3,(H,32,33)/t20-/m1/s1. The molecule has 0 radical (unpaired) electrons. The molecule has 1 fully saturated rings. The number of nitrogens with zero attached hydrogens (tertiary/aromatic N) is 2. The van der Waals surface area contributed by atoms with Gasteiger partial charge in [0.2, 0.25) is 5.88 Å². The maximum Gasteiger partial charge on any atom is 0.421 e. The number of carboxylic acids is 1. The zero-order valence-corrected chi connectivity index (χ0v) is 20.2. The molecule has 1 atom stereocenters. The Labute approximate surface area is 207 Å². The maximum atomic E-state index is 13.5. The van der Waals surface area contributed by atoms with Gasteiger partial charge < -0.3 is 19.3 Å². The third kappa shape index (κ3) is 6.48. The third-order valence-electron chi connectivity index (χ3n) is 6.01. The number of benzene rings is 1. The van der Waals surface area contributed by atoms with E-state index < -0.39 is 29.7 Å². The molecule has 0 aliphatic carbocycles. The molecule has 0 bridgehead atoms. The summed E-state index contributed by atoms with van der Waals surface area (Å²) < 4.78 is 57.2.